The van der Waals surface area contributed by atoms with Crippen LogP contribution < -0.4 is 5.32 Å². The standard InChI is InChI=1S/C17H14Cl2N4OS/c18-13-4-1-3-12(7-13)8-25-9-16(24)22-15-6-2-5-14(19)17(15)23-11-20-10-21-23/h1-7,10-11H,8-9H2,(H,22,24). The Morgan fingerprint density at radius 3 is 2.80 bits per heavy atom. The Morgan fingerprint density at radius 1 is 1.20 bits per heavy atom. The second kappa shape index (κ2) is 8.38. The Bertz CT molecular complexity index is 871. The number of hydrogen-bond donors (Lipinski definition) is 1. The van der Waals surface area contributed by atoms with E-state index in [1.807, 2.05) is 24.3 Å². The van der Waals surface area contributed by atoms with Crippen molar-refractivity contribution in [3.05, 3.63) is 70.7 Å². The molecule has 0 spiro atoms. The van der Waals surface area contributed by atoms with Crippen molar-refractivity contribution in [2.75, 3.05) is 11.1 Å². The predicted octanol–water partition coefficient (Wildman–Crippen LogP) is 4.45. The van der Waals surface area contributed by atoms with E-state index in [1.54, 1.807) is 18.2 Å². The zero-order chi connectivity index (χ0) is 17.6. The highest BCUT2D eigenvalue weighted by Crippen LogP contribution is 2.28. The van der Waals surface area contributed by atoms with Crippen LogP contribution in [0.1, 0.15) is 5.56 Å². The molecule has 5 nitrogen and oxygen atoms in total. The summed E-state index contributed by atoms with van der Waals surface area (Å²) in [4.78, 5) is 16.2. The van der Waals surface area contributed by atoms with E-state index >= 15 is 0 Å². The molecule has 0 saturated carbocycles. The quantitative estimate of drug-likeness (QED) is 0.673. The summed E-state index contributed by atoms with van der Waals surface area (Å²) >= 11 is 13.7. The summed E-state index contributed by atoms with van der Waals surface area (Å²) in [6.45, 7) is 0. The molecule has 0 saturated heterocycles. The predicted molar refractivity (Wildman–Crippen MR) is 103 cm³/mol. The molecule has 1 amide bonds. The Hall–Kier alpha value is -2.02. The highest BCUT2D eigenvalue weighted by Gasteiger charge is 2.12. The summed E-state index contributed by atoms with van der Waals surface area (Å²) in [7, 11) is 0. The first kappa shape index (κ1) is 17.8. The fraction of sp³-hybridized carbons (Fsp3) is 0.118. The van der Waals surface area contributed by atoms with Crippen LogP contribution in [0.25, 0.3) is 5.69 Å². The number of anilines is 1. The topological polar surface area (TPSA) is 59.8 Å². The molecule has 3 rings (SSSR count). The maximum Gasteiger partial charge on any atom is 0.234 e. The first-order chi connectivity index (χ1) is 12.1. The molecule has 0 aliphatic carbocycles. The third kappa shape index (κ3) is 4.75. The fourth-order valence-electron chi connectivity index (χ4n) is 2.25. The van der Waals surface area contributed by atoms with Gasteiger partial charge in [0.2, 0.25) is 5.91 Å². The molecule has 0 bridgehead atoms. The van der Waals surface area contributed by atoms with E-state index in [1.165, 1.54) is 29.1 Å². The zero-order valence-corrected chi connectivity index (χ0v) is 15.4. The number of nitrogens with zero attached hydrogens (tertiary/aromatic N) is 3. The molecule has 1 aromatic heterocycles. The number of para-hydroxylation sites is 1. The molecule has 0 radical (unpaired) electrons. The van der Waals surface area contributed by atoms with Crippen LogP contribution in [0.15, 0.2) is 55.1 Å². The van der Waals surface area contributed by atoms with Crippen LogP contribution in [-0.4, -0.2) is 26.4 Å². The number of halogens is 2. The summed E-state index contributed by atoms with van der Waals surface area (Å²) in [6, 6.07) is 12.9. The highest BCUT2D eigenvalue weighted by atomic mass is 35.5. The number of carbonyl (C=O) groups is 1. The van der Waals surface area contributed by atoms with E-state index < -0.39 is 0 Å². The average molecular weight is 393 g/mol. The van der Waals surface area contributed by atoms with Crippen molar-refractivity contribution in [2.45, 2.75) is 5.75 Å². The molecular formula is C17H14Cl2N4OS. The maximum absolute atomic E-state index is 12.3. The molecule has 0 aliphatic rings. The molecule has 0 atom stereocenters. The molecule has 128 valence electrons. The second-order valence-electron chi connectivity index (χ2n) is 5.15. The lowest BCUT2D eigenvalue weighted by Crippen LogP contribution is -2.16. The van der Waals surface area contributed by atoms with Gasteiger partial charge in [-0.3, -0.25) is 4.79 Å². The van der Waals surface area contributed by atoms with Crippen LogP contribution in [0, 0.1) is 0 Å². The minimum atomic E-state index is -0.115. The van der Waals surface area contributed by atoms with Gasteiger partial charge in [0, 0.05) is 10.8 Å². The number of rotatable bonds is 6. The lowest BCUT2D eigenvalue weighted by molar-refractivity contribution is -0.113. The minimum absolute atomic E-state index is 0.115. The van der Waals surface area contributed by atoms with Crippen LogP contribution in [0.5, 0.6) is 0 Å². The molecule has 3 aromatic rings. The van der Waals surface area contributed by atoms with Crippen molar-refractivity contribution in [1.82, 2.24) is 14.8 Å². The summed E-state index contributed by atoms with van der Waals surface area (Å²) in [5.74, 6) is 0.908. The largest absolute Gasteiger partial charge is 0.323 e. The molecule has 0 unspecified atom stereocenters. The smallest absolute Gasteiger partial charge is 0.234 e. The minimum Gasteiger partial charge on any atom is -0.323 e. The van der Waals surface area contributed by atoms with Gasteiger partial charge in [-0.15, -0.1) is 11.8 Å². The maximum atomic E-state index is 12.3. The molecule has 25 heavy (non-hydrogen) atoms. The fourth-order valence-corrected chi connectivity index (χ4v) is 3.50. The number of carbonyl (C=O) groups excluding carboxylic acids is 1. The van der Waals surface area contributed by atoms with Crippen molar-refractivity contribution in [3.8, 4) is 5.69 Å². The molecule has 1 N–H and O–H groups in total. The van der Waals surface area contributed by atoms with Gasteiger partial charge in [-0.25, -0.2) is 9.67 Å². The van der Waals surface area contributed by atoms with Gasteiger partial charge >= 0.3 is 0 Å². The summed E-state index contributed by atoms with van der Waals surface area (Å²) in [5.41, 5.74) is 2.26. The monoisotopic (exact) mass is 392 g/mol. The van der Waals surface area contributed by atoms with Gasteiger partial charge in [0.25, 0.3) is 0 Å². The van der Waals surface area contributed by atoms with Gasteiger partial charge in [-0.1, -0.05) is 41.4 Å². The van der Waals surface area contributed by atoms with E-state index in [-0.39, 0.29) is 5.91 Å². The Morgan fingerprint density at radius 2 is 2.04 bits per heavy atom. The summed E-state index contributed by atoms with van der Waals surface area (Å²) < 4.78 is 1.52. The van der Waals surface area contributed by atoms with Crippen molar-refractivity contribution < 1.29 is 4.79 Å². The molecule has 0 aliphatic heterocycles. The SMILES string of the molecule is O=C(CSCc1cccc(Cl)c1)Nc1cccc(Cl)c1-n1cncn1. The first-order valence-electron chi connectivity index (χ1n) is 7.39. The van der Waals surface area contributed by atoms with Crippen molar-refractivity contribution in [1.29, 1.82) is 0 Å². The van der Waals surface area contributed by atoms with E-state index in [0.717, 1.165) is 5.56 Å². The first-order valence-corrected chi connectivity index (χ1v) is 9.30. The van der Waals surface area contributed by atoms with Crippen LogP contribution in [-0.2, 0) is 10.5 Å². The summed E-state index contributed by atoms with van der Waals surface area (Å²) in [5, 5.41) is 8.13. The number of amides is 1. The molecule has 1 heterocycles. The molecule has 0 fully saturated rings. The van der Waals surface area contributed by atoms with Crippen molar-refractivity contribution in [2.24, 2.45) is 0 Å². The van der Waals surface area contributed by atoms with Crippen molar-refractivity contribution in [3.63, 3.8) is 0 Å². The van der Waals surface area contributed by atoms with Crippen LogP contribution in [0.4, 0.5) is 5.69 Å². The van der Waals surface area contributed by atoms with Gasteiger partial charge in [0.1, 0.15) is 18.3 Å². The highest BCUT2D eigenvalue weighted by molar-refractivity contribution is 7.99. The lowest BCUT2D eigenvalue weighted by Gasteiger charge is -2.12. The number of aromatic nitrogens is 3. The van der Waals surface area contributed by atoms with Gasteiger partial charge in [-0.2, -0.15) is 5.10 Å². The normalized spacial score (nSPS) is 10.6. The molecular weight excluding hydrogens is 379 g/mol. The zero-order valence-electron chi connectivity index (χ0n) is 13.0. The Labute approximate surface area is 159 Å². The molecule has 8 heteroatoms. The van der Waals surface area contributed by atoms with E-state index in [9.17, 15) is 4.79 Å². The summed E-state index contributed by atoms with van der Waals surface area (Å²) in [6.07, 6.45) is 2.94. The van der Waals surface area contributed by atoms with E-state index in [0.29, 0.717) is 32.9 Å². The van der Waals surface area contributed by atoms with Gasteiger partial charge in [-0.05, 0) is 29.8 Å². The third-order valence-electron chi connectivity index (χ3n) is 3.30. The number of hydrogen-bond acceptors (Lipinski definition) is 4. The van der Waals surface area contributed by atoms with E-state index in [4.69, 9.17) is 23.2 Å². The lowest BCUT2D eigenvalue weighted by atomic mass is 10.2. The number of nitrogens with one attached hydrogen (secondary N) is 1. The number of benzene rings is 2. The van der Waals surface area contributed by atoms with E-state index in [2.05, 4.69) is 15.4 Å². The van der Waals surface area contributed by atoms with Crippen LogP contribution in [0.3, 0.4) is 0 Å². The second-order valence-corrected chi connectivity index (χ2v) is 6.98. The van der Waals surface area contributed by atoms with Gasteiger partial charge < -0.3 is 5.32 Å². The van der Waals surface area contributed by atoms with Gasteiger partial charge in [0.05, 0.1) is 16.5 Å². The number of thioether (sulfide) groups is 1. The van der Waals surface area contributed by atoms with Crippen LogP contribution in [0.2, 0.25) is 10.0 Å². The third-order valence-corrected chi connectivity index (χ3v) is 4.84. The van der Waals surface area contributed by atoms with Crippen LogP contribution >= 0.6 is 35.0 Å². The average Bonchev–Trinajstić information content (AvgIpc) is 3.09. The molecule has 2 aromatic carbocycles. The Balaban J connectivity index is 1.63. The Kier molecular flexibility index (Phi) is 5.96. The van der Waals surface area contributed by atoms with Crippen molar-refractivity contribution >= 4 is 46.6 Å². The van der Waals surface area contributed by atoms with Gasteiger partial charge in [0.15, 0.2) is 0 Å².